The Balaban J connectivity index is 4.48. The molecule has 0 aliphatic rings. The summed E-state index contributed by atoms with van der Waals surface area (Å²) in [7, 11) is 0. The van der Waals surface area contributed by atoms with E-state index in [0.29, 0.717) is 0 Å². The van der Waals surface area contributed by atoms with E-state index in [1.807, 2.05) is 0 Å². The highest BCUT2D eigenvalue weighted by Gasteiger charge is 2.29. The van der Waals surface area contributed by atoms with Gasteiger partial charge in [0.05, 0.1) is 17.7 Å². The molecule has 0 aromatic carbocycles. The zero-order valence-electron chi connectivity index (χ0n) is 9.90. The second-order valence-corrected chi connectivity index (χ2v) is 4.76. The number of Topliss-reactive ketones (excluding diaryl/α,β-unsaturated/α-hetero) is 1. The van der Waals surface area contributed by atoms with Gasteiger partial charge in [-0.05, 0) is 27.7 Å². The number of aliphatic hydroxyl groups is 1. The van der Waals surface area contributed by atoms with E-state index >= 15 is 0 Å². The van der Waals surface area contributed by atoms with E-state index in [0.717, 1.165) is 0 Å². The Morgan fingerprint density at radius 2 is 1.81 bits per heavy atom. The van der Waals surface area contributed by atoms with Gasteiger partial charge in [0.2, 0.25) is 0 Å². The van der Waals surface area contributed by atoms with Crippen molar-refractivity contribution in [3.63, 3.8) is 0 Å². The zero-order valence-corrected chi connectivity index (χ0v) is 10.7. The number of thiocarbonyl (C=S) groups is 1. The summed E-state index contributed by atoms with van der Waals surface area (Å²) in [6, 6.07) is -0.732. The van der Waals surface area contributed by atoms with Crippen molar-refractivity contribution >= 4 is 28.8 Å². The molecule has 16 heavy (non-hydrogen) atoms. The molecule has 0 rings (SSSR count). The highest BCUT2D eigenvalue weighted by molar-refractivity contribution is 7.82. The molecule has 1 amide bonds. The van der Waals surface area contributed by atoms with Crippen molar-refractivity contribution in [2.75, 3.05) is 0 Å². The maximum Gasteiger partial charge on any atom is 0.261 e. The normalized spacial score (nSPS) is 15.1. The van der Waals surface area contributed by atoms with Crippen LogP contribution in [0.5, 0.6) is 0 Å². The fourth-order valence-electron chi connectivity index (χ4n) is 1.08. The molecule has 5 nitrogen and oxygen atoms in total. The van der Waals surface area contributed by atoms with E-state index in [4.69, 9.17) is 23.1 Å². The summed E-state index contributed by atoms with van der Waals surface area (Å²) < 4.78 is 0. The number of nitrogens with two attached hydrogens (primary N) is 1. The van der Waals surface area contributed by atoms with Gasteiger partial charge in [0, 0.05) is 0 Å². The lowest BCUT2D eigenvalue weighted by atomic mass is 9.95. The highest BCUT2D eigenvalue weighted by Crippen LogP contribution is 2.03. The van der Waals surface area contributed by atoms with E-state index in [-0.39, 0.29) is 10.6 Å². The van der Waals surface area contributed by atoms with Crippen LogP contribution in [-0.4, -0.2) is 39.3 Å². The largest absolute Gasteiger partial charge is 0.388 e. The molecule has 4 N–H and O–H groups in total. The molecule has 0 fully saturated rings. The quantitative estimate of drug-likeness (QED) is 0.571. The molecule has 1 unspecified atom stereocenters. The van der Waals surface area contributed by atoms with Crippen LogP contribution < -0.4 is 11.1 Å². The second kappa shape index (κ2) is 5.47. The Hall–Kier alpha value is -0.850. The molecule has 6 heteroatoms. The van der Waals surface area contributed by atoms with Crippen molar-refractivity contribution < 1.29 is 14.7 Å². The Morgan fingerprint density at radius 1 is 1.38 bits per heavy atom. The average molecular weight is 246 g/mol. The summed E-state index contributed by atoms with van der Waals surface area (Å²) in [5.74, 6) is -0.913. The van der Waals surface area contributed by atoms with Gasteiger partial charge in [0.1, 0.15) is 4.86 Å². The number of carbonyl (C=O) groups is 2. The van der Waals surface area contributed by atoms with E-state index in [9.17, 15) is 9.59 Å². The van der Waals surface area contributed by atoms with Crippen molar-refractivity contribution in [2.45, 2.75) is 45.4 Å². The van der Waals surface area contributed by atoms with Gasteiger partial charge in [-0.2, -0.15) is 0 Å². The number of hydrogen-bond acceptors (Lipinski definition) is 5. The van der Waals surface area contributed by atoms with Crippen LogP contribution in [0.1, 0.15) is 27.7 Å². The van der Waals surface area contributed by atoms with Crippen LogP contribution in [0.15, 0.2) is 0 Å². The van der Waals surface area contributed by atoms with Gasteiger partial charge < -0.3 is 16.2 Å². The van der Waals surface area contributed by atoms with Crippen LogP contribution in [-0.2, 0) is 9.59 Å². The van der Waals surface area contributed by atoms with Crippen LogP contribution in [0.25, 0.3) is 0 Å². The number of amides is 1. The van der Waals surface area contributed by atoms with Crippen LogP contribution >= 0.6 is 12.2 Å². The molecule has 0 aromatic heterocycles. The second-order valence-electron chi connectivity index (χ2n) is 4.32. The Morgan fingerprint density at radius 3 is 2.12 bits per heavy atom. The number of carbonyl (C=O) groups excluding carboxylic acids is 2. The fraction of sp³-hybridized carbons (Fsp3) is 0.700. The Kier molecular flexibility index (Phi) is 5.18. The van der Waals surface area contributed by atoms with Crippen molar-refractivity contribution in [3.8, 4) is 0 Å². The summed E-state index contributed by atoms with van der Waals surface area (Å²) in [5.41, 5.74) is 4.59. The monoisotopic (exact) mass is 246 g/mol. The molecule has 0 aromatic rings. The first kappa shape index (κ1) is 15.2. The lowest BCUT2D eigenvalue weighted by Gasteiger charge is -2.22. The van der Waals surface area contributed by atoms with Gasteiger partial charge in [-0.3, -0.25) is 9.59 Å². The molecule has 0 spiro atoms. The molecule has 0 aliphatic carbocycles. The summed E-state index contributed by atoms with van der Waals surface area (Å²) in [6.07, 6.45) is -1.01. The van der Waals surface area contributed by atoms with Crippen LogP contribution in [0.2, 0.25) is 0 Å². The van der Waals surface area contributed by atoms with E-state index in [2.05, 4.69) is 5.32 Å². The maximum absolute atomic E-state index is 11.6. The smallest absolute Gasteiger partial charge is 0.261 e. The fourth-order valence-corrected chi connectivity index (χ4v) is 1.14. The Labute approximate surface area is 100 Å². The summed E-state index contributed by atoms with van der Waals surface area (Å²) in [4.78, 5) is 22.9. The third-order valence-electron chi connectivity index (χ3n) is 1.98. The van der Waals surface area contributed by atoms with Gasteiger partial charge >= 0.3 is 0 Å². The minimum Gasteiger partial charge on any atom is -0.388 e. The van der Waals surface area contributed by atoms with Gasteiger partial charge in [-0.1, -0.05) is 12.2 Å². The minimum atomic E-state index is -1.01. The molecule has 2 atom stereocenters. The van der Waals surface area contributed by atoms with Crippen molar-refractivity contribution in [2.24, 2.45) is 5.73 Å². The summed E-state index contributed by atoms with van der Waals surface area (Å²) in [6.45, 7) is 6.04. The summed E-state index contributed by atoms with van der Waals surface area (Å²) in [5, 5.41) is 11.5. The lowest BCUT2D eigenvalue weighted by Crippen LogP contribution is -2.53. The minimum absolute atomic E-state index is 0.144. The predicted octanol–water partition coefficient (Wildman–Crippen LogP) is -0.452. The molecule has 0 radical (unpaired) electrons. The number of aliphatic hydroxyl groups excluding tert-OH is 1. The van der Waals surface area contributed by atoms with Crippen molar-refractivity contribution in [3.05, 3.63) is 0 Å². The first-order chi connectivity index (χ1) is 7.07. The molecule has 0 heterocycles. The number of hydrogen-bond donors (Lipinski definition) is 3. The SMILES string of the molecule is CC(O)C(=S)C(=O)N[C@@H](C)C(=O)C(C)(C)N. The predicted molar refractivity (Wildman–Crippen MR) is 65.2 cm³/mol. The van der Waals surface area contributed by atoms with E-state index < -0.39 is 23.6 Å². The van der Waals surface area contributed by atoms with Gasteiger partial charge in [-0.15, -0.1) is 0 Å². The lowest BCUT2D eigenvalue weighted by molar-refractivity contribution is -0.127. The third-order valence-corrected chi connectivity index (χ3v) is 2.51. The van der Waals surface area contributed by atoms with Crippen LogP contribution in [0.4, 0.5) is 0 Å². The van der Waals surface area contributed by atoms with Gasteiger partial charge in [0.25, 0.3) is 5.91 Å². The Bertz CT molecular complexity index is 308. The zero-order chi connectivity index (χ0) is 13.1. The molecule has 0 aliphatic heterocycles. The number of nitrogens with one attached hydrogen (secondary N) is 1. The van der Waals surface area contributed by atoms with E-state index in [1.54, 1.807) is 13.8 Å². The number of ketones is 1. The molecule has 0 saturated heterocycles. The standard InChI is InChI=1S/C10H18N2O3S/c1-5(8(14)10(3,4)11)12-9(15)7(16)6(2)13/h5-6,13H,11H2,1-4H3,(H,12,15)/t5-,6?/m0/s1. The molecule has 0 bridgehead atoms. The third kappa shape index (κ3) is 4.34. The van der Waals surface area contributed by atoms with Crippen LogP contribution in [0, 0.1) is 0 Å². The summed E-state index contributed by atoms with van der Waals surface area (Å²) >= 11 is 4.69. The molecule has 0 saturated carbocycles. The molecular formula is C10H18N2O3S. The highest BCUT2D eigenvalue weighted by atomic mass is 32.1. The maximum atomic E-state index is 11.6. The molecule has 92 valence electrons. The van der Waals surface area contributed by atoms with E-state index in [1.165, 1.54) is 13.8 Å². The van der Waals surface area contributed by atoms with Crippen LogP contribution in [0.3, 0.4) is 0 Å². The first-order valence-corrected chi connectivity index (χ1v) is 5.34. The topological polar surface area (TPSA) is 92.4 Å². The van der Waals surface area contributed by atoms with Crippen molar-refractivity contribution in [1.29, 1.82) is 0 Å². The van der Waals surface area contributed by atoms with Gasteiger partial charge in [-0.25, -0.2) is 0 Å². The van der Waals surface area contributed by atoms with Gasteiger partial charge in [0.15, 0.2) is 5.78 Å². The molecular weight excluding hydrogens is 228 g/mol. The average Bonchev–Trinajstić information content (AvgIpc) is 2.13. The number of rotatable bonds is 5. The first-order valence-electron chi connectivity index (χ1n) is 4.93. The van der Waals surface area contributed by atoms with Crippen molar-refractivity contribution in [1.82, 2.24) is 5.32 Å².